The summed E-state index contributed by atoms with van der Waals surface area (Å²) < 4.78 is 1.89. The Morgan fingerprint density at radius 1 is 1.36 bits per heavy atom. The molecule has 0 aliphatic heterocycles. The molecule has 0 atom stereocenters. The molecule has 0 unspecified atom stereocenters. The van der Waals surface area contributed by atoms with E-state index in [-0.39, 0.29) is 5.91 Å². The largest absolute Gasteiger partial charge is 0.325 e. The second-order valence-corrected chi connectivity index (χ2v) is 5.74. The van der Waals surface area contributed by atoms with E-state index in [9.17, 15) is 4.79 Å². The molecule has 1 amide bonds. The van der Waals surface area contributed by atoms with E-state index in [4.69, 9.17) is 0 Å². The molecule has 22 heavy (non-hydrogen) atoms. The molecule has 1 aromatic heterocycles. The number of nitrogens with zero attached hydrogens (tertiary/aromatic N) is 3. The zero-order valence-corrected chi connectivity index (χ0v) is 13.8. The Labute approximate surface area is 131 Å². The Hall–Kier alpha value is -2.14. The molecule has 2 aromatic rings. The first kappa shape index (κ1) is 16.2. The van der Waals surface area contributed by atoms with Crippen molar-refractivity contribution in [2.75, 3.05) is 18.9 Å². The molecule has 118 valence electrons. The van der Waals surface area contributed by atoms with Gasteiger partial charge in [0.2, 0.25) is 5.91 Å². The number of aromatic nitrogens is 2. The van der Waals surface area contributed by atoms with E-state index >= 15 is 0 Å². The van der Waals surface area contributed by atoms with Gasteiger partial charge in [0.1, 0.15) is 0 Å². The Balaban J connectivity index is 1.89. The van der Waals surface area contributed by atoms with Crippen molar-refractivity contribution < 1.29 is 4.79 Å². The zero-order valence-electron chi connectivity index (χ0n) is 13.8. The second kappa shape index (κ2) is 7.22. The van der Waals surface area contributed by atoms with Gasteiger partial charge >= 0.3 is 0 Å². The van der Waals surface area contributed by atoms with Gasteiger partial charge < -0.3 is 5.32 Å². The molecule has 0 saturated carbocycles. The highest BCUT2D eigenvalue weighted by Crippen LogP contribution is 2.16. The van der Waals surface area contributed by atoms with Crippen molar-refractivity contribution in [3.63, 3.8) is 0 Å². The third-order valence-electron chi connectivity index (χ3n) is 3.54. The third kappa shape index (κ3) is 4.43. The number of carbonyl (C=O) groups excluding carboxylic acids is 1. The van der Waals surface area contributed by atoms with Gasteiger partial charge in [-0.1, -0.05) is 12.1 Å². The van der Waals surface area contributed by atoms with Gasteiger partial charge in [-0.2, -0.15) is 5.10 Å². The topological polar surface area (TPSA) is 50.2 Å². The molecule has 0 bridgehead atoms. The molecule has 1 aromatic carbocycles. The predicted octanol–water partition coefficient (Wildman–Crippen LogP) is 2.59. The number of rotatable bonds is 6. The lowest BCUT2D eigenvalue weighted by atomic mass is 10.1. The number of anilines is 1. The van der Waals surface area contributed by atoms with Crippen molar-refractivity contribution >= 4 is 11.6 Å². The number of hydrogen-bond acceptors (Lipinski definition) is 3. The second-order valence-electron chi connectivity index (χ2n) is 5.74. The van der Waals surface area contributed by atoms with Crippen LogP contribution in [0.15, 0.2) is 30.6 Å². The summed E-state index contributed by atoms with van der Waals surface area (Å²) in [5, 5.41) is 7.23. The van der Waals surface area contributed by atoms with Crippen LogP contribution in [-0.4, -0.2) is 34.2 Å². The van der Waals surface area contributed by atoms with Crippen LogP contribution in [0.5, 0.6) is 0 Å². The summed E-state index contributed by atoms with van der Waals surface area (Å²) in [5.74, 6) is -0.000849. The zero-order chi connectivity index (χ0) is 16.1. The fourth-order valence-corrected chi connectivity index (χ4v) is 2.33. The van der Waals surface area contributed by atoms with E-state index in [1.54, 1.807) is 0 Å². The van der Waals surface area contributed by atoms with Crippen molar-refractivity contribution in [3.05, 3.63) is 47.3 Å². The Bertz CT molecular complexity index is 648. The standard InChI is InChI=1S/C17H24N4O/c1-5-21-11-15(9-18-21)10-20(4)12-17(22)19-16-8-13(2)6-7-14(16)3/h6-9,11H,5,10,12H2,1-4H3,(H,19,22). The SMILES string of the molecule is CCn1cc(CN(C)CC(=O)Nc2cc(C)ccc2C)cn1. The van der Waals surface area contributed by atoms with Gasteiger partial charge in [0.25, 0.3) is 0 Å². The Kier molecular flexibility index (Phi) is 5.33. The first-order valence-electron chi connectivity index (χ1n) is 7.55. The Morgan fingerprint density at radius 3 is 2.82 bits per heavy atom. The molecule has 5 heteroatoms. The molecular formula is C17H24N4O. The number of benzene rings is 1. The minimum absolute atomic E-state index is 0.000849. The van der Waals surface area contributed by atoms with E-state index in [1.165, 1.54) is 0 Å². The first-order valence-corrected chi connectivity index (χ1v) is 7.55. The first-order chi connectivity index (χ1) is 10.5. The maximum atomic E-state index is 12.2. The molecule has 0 radical (unpaired) electrons. The molecule has 0 aliphatic carbocycles. The lowest BCUT2D eigenvalue weighted by Gasteiger charge is -2.16. The fraction of sp³-hybridized carbons (Fsp3) is 0.412. The van der Waals surface area contributed by atoms with E-state index < -0.39 is 0 Å². The Morgan fingerprint density at radius 2 is 2.14 bits per heavy atom. The molecular weight excluding hydrogens is 276 g/mol. The van der Waals surface area contributed by atoms with Crippen LogP contribution in [0.3, 0.4) is 0 Å². The summed E-state index contributed by atoms with van der Waals surface area (Å²) in [6.07, 6.45) is 3.86. The number of aryl methyl sites for hydroxylation is 3. The van der Waals surface area contributed by atoms with Gasteiger partial charge in [-0.05, 0) is 45.0 Å². The van der Waals surface area contributed by atoms with Crippen LogP contribution in [0, 0.1) is 13.8 Å². The monoisotopic (exact) mass is 300 g/mol. The van der Waals surface area contributed by atoms with E-state index in [0.29, 0.717) is 13.1 Å². The lowest BCUT2D eigenvalue weighted by molar-refractivity contribution is -0.117. The van der Waals surface area contributed by atoms with Crippen molar-refractivity contribution in [2.45, 2.75) is 33.9 Å². The summed E-state index contributed by atoms with van der Waals surface area (Å²) in [7, 11) is 1.94. The van der Waals surface area contributed by atoms with Gasteiger partial charge in [0.15, 0.2) is 0 Å². The van der Waals surface area contributed by atoms with Crippen LogP contribution >= 0.6 is 0 Å². The average molecular weight is 300 g/mol. The summed E-state index contributed by atoms with van der Waals surface area (Å²) in [5.41, 5.74) is 4.22. The van der Waals surface area contributed by atoms with Crippen molar-refractivity contribution in [3.8, 4) is 0 Å². The lowest BCUT2D eigenvalue weighted by Crippen LogP contribution is -2.30. The smallest absolute Gasteiger partial charge is 0.238 e. The van der Waals surface area contributed by atoms with Crippen LogP contribution < -0.4 is 5.32 Å². The van der Waals surface area contributed by atoms with E-state index in [2.05, 4.69) is 17.3 Å². The normalized spacial score (nSPS) is 11.0. The summed E-state index contributed by atoms with van der Waals surface area (Å²) in [6.45, 7) is 7.99. The highest BCUT2D eigenvalue weighted by atomic mass is 16.2. The third-order valence-corrected chi connectivity index (χ3v) is 3.54. The van der Waals surface area contributed by atoms with Crippen LogP contribution in [-0.2, 0) is 17.9 Å². The van der Waals surface area contributed by atoms with Crippen LogP contribution in [0.4, 0.5) is 5.69 Å². The van der Waals surface area contributed by atoms with Gasteiger partial charge in [-0.3, -0.25) is 14.4 Å². The minimum atomic E-state index is -0.000849. The molecule has 1 heterocycles. The van der Waals surface area contributed by atoms with Crippen molar-refractivity contribution in [2.24, 2.45) is 0 Å². The summed E-state index contributed by atoms with van der Waals surface area (Å²) in [4.78, 5) is 14.1. The number of carbonyl (C=O) groups is 1. The van der Waals surface area contributed by atoms with E-state index in [1.807, 2.05) is 61.1 Å². The molecule has 0 fully saturated rings. The summed E-state index contributed by atoms with van der Waals surface area (Å²) in [6, 6.07) is 6.06. The maximum Gasteiger partial charge on any atom is 0.238 e. The van der Waals surface area contributed by atoms with Crippen LogP contribution in [0.1, 0.15) is 23.6 Å². The molecule has 2 rings (SSSR count). The van der Waals surface area contributed by atoms with Crippen LogP contribution in [0.2, 0.25) is 0 Å². The van der Waals surface area contributed by atoms with Crippen LogP contribution in [0.25, 0.3) is 0 Å². The molecule has 1 N–H and O–H groups in total. The number of nitrogens with one attached hydrogen (secondary N) is 1. The predicted molar refractivity (Wildman–Crippen MR) is 88.8 cm³/mol. The molecule has 0 aliphatic rings. The minimum Gasteiger partial charge on any atom is -0.325 e. The number of hydrogen-bond donors (Lipinski definition) is 1. The van der Waals surface area contributed by atoms with Crippen molar-refractivity contribution in [1.82, 2.24) is 14.7 Å². The van der Waals surface area contributed by atoms with Gasteiger partial charge in [0, 0.05) is 30.5 Å². The number of likely N-dealkylation sites (N-methyl/N-ethyl adjacent to an activating group) is 1. The van der Waals surface area contributed by atoms with Gasteiger partial charge in [-0.15, -0.1) is 0 Å². The van der Waals surface area contributed by atoms with E-state index in [0.717, 1.165) is 28.9 Å². The maximum absolute atomic E-state index is 12.2. The van der Waals surface area contributed by atoms with Crippen molar-refractivity contribution in [1.29, 1.82) is 0 Å². The fourth-order valence-electron chi connectivity index (χ4n) is 2.33. The highest BCUT2D eigenvalue weighted by molar-refractivity contribution is 5.93. The molecule has 5 nitrogen and oxygen atoms in total. The summed E-state index contributed by atoms with van der Waals surface area (Å²) >= 11 is 0. The molecule has 0 saturated heterocycles. The van der Waals surface area contributed by atoms with Gasteiger partial charge in [-0.25, -0.2) is 0 Å². The number of amides is 1. The van der Waals surface area contributed by atoms with Gasteiger partial charge in [0.05, 0.1) is 12.7 Å². The molecule has 0 spiro atoms. The highest BCUT2D eigenvalue weighted by Gasteiger charge is 2.10. The quantitative estimate of drug-likeness (QED) is 0.892. The average Bonchev–Trinajstić information content (AvgIpc) is 2.90.